The number of hydrogen-bond donors (Lipinski definition) is 1. The van der Waals surface area contributed by atoms with Crippen molar-refractivity contribution >= 4 is 11.7 Å². The zero-order valence-electron chi connectivity index (χ0n) is 15.0. The lowest BCUT2D eigenvalue weighted by atomic mass is 10.2. The third kappa shape index (κ3) is 4.56. The molecule has 0 bridgehead atoms. The average Bonchev–Trinajstić information content (AvgIpc) is 2.91. The molecule has 0 spiro atoms. The standard InChI is InChI=1S/C20H26N4O/c1-15(2)21-20(25)17-14-18(24-12-8-3-4-9-13-24)23-19(22-17)16-10-6-5-7-11-16/h5-7,10-11,14-15H,3-4,8-9,12-13H2,1-2H3,(H,21,25). The van der Waals surface area contributed by atoms with Gasteiger partial charge in [-0.05, 0) is 26.7 Å². The van der Waals surface area contributed by atoms with E-state index in [1.165, 1.54) is 12.8 Å². The third-order valence-electron chi connectivity index (χ3n) is 4.33. The number of nitrogens with one attached hydrogen (secondary N) is 1. The van der Waals surface area contributed by atoms with Crippen molar-refractivity contribution in [1.29, 1.82) is 0 Å². The minimum Gasteiger partial charge on any atom is -0.356 e. The Morgan fingerprint density at radius 3 is 2.36 bits per heavy atom. The van der Waals surface area contributed by atoms with Crippen LogP contribution in [0.1, 0.15) is 50.0 Å². The van der Waals surface area contributed by atoms with Crippen LogP contribution in [0.15, 0.2) is 36.4 Å². The summed E-state index contributed by atoms with van der Waals surface area (Å²) >= 11 is 0. The molecule has 1 saturated heterocycles. The Hall–Kier alpha value is -2.43. The fraction of sp³-hybridized carbons (Fsp3) is 0.450. The first-order valence-corrected chi connectivity index (χ1v) is 9.14. The summed E-state index contributed by atoms with van der Waals surface area (Å²) in [6.07, 6.45) is 4.85. The van der Waals surface area contributed by atoms with Gasteiger partial charge in [0.15, 0.2) is 5.82 Å². The van der Waals surface area contributed by atoms with E-state index in [9.17, 15) is 4.79 Å². The fourth-order valence-electron chi connectivity index (χ4n) is 3.06. The lowest BCUT2D eigenvalue weighted by molar-refractivity contribution is 0.0938. The van der Waals surface area contributed by atoms with Gasteiger partial charge in [-0.25, -0.2) is 9.97 Å². The maximum atomic E-state index is 12.5. The number of amides is 1. The van der Waals surface area contributed by atoms with Gasteiger partial charge in [0.2, 0.25) is 0 Å². The summed E-state index contributed by atoms with van der Waals surface area (Å²) in [5, 5.41) is 2.93. The molecule has 1 aromatic carbocycles. The topological polar surface area (TPSA) is 58.1 Å². The van der Waals surface area contributed by atoms with Gasteiger partial charge in [-0.1, -0.05) is 43.2 Å². The van der Waals surface area contributed by atoms with Crippen molar-refractivity contribution in [3.05, 3.63) is 42.1 Å². The molecule has 0 atom stereocenters. The first kappa shape index (κ1) is 17.4. The second-order valence-corrected chi connectivity index (χ2v) is 6.83. The monoisotopic (exact) mass is 338 g/mol. The summed E-state index contributed by atoms with van der Waals surface area (Å²) in [6, 6.07) is 11.8. The van der Waals surface area contributed by atoms with Gasteiger partial charge in [-0.2, -0.15) is 0 Å². The first-order chi connectivity index (χ1) is 12.1. The molecule has 3 rings (SSSR count). The number of anilines is 1. The van der Waals surface area contributed by atoms with Crippen LogP contribution in [0.5, 0.6) is 0 Å². The van der Waals surface area contributed by atoms with Crippen LogP contribution in [0.3, 0.4) is 0 Å². The van der Waals surface area contributed by atoms with Gasteiger partial charge in [-0.15, -0.1) is 0 Å². The Morgan fingerprint density at radius 2 is 1.72 bits per heavy atom. The molecule has 1 aromatic heterocycles. The van der Waals surface area contributed by atoms with E-state index in [4.69, 9.17) is 4.98 Å². The minimum absolute atomic E-state index is 0.0734. The van der Waals surface area contributed by atoms with Gasteiger partial charge in [0.1, 0.15) is 11.5 Å². The quantitative estimate of drug-likeness (QED) is 0.924. The number of carbonyl (C=O) groups is 1. The maximum Gasteiger partial charge on any atom is 0.270 e. The minimum atomic E-state index is -0.148. The summed E-state index contributed by atoms with van der Waals surface area (Å²) in [6.45, 7) is 5.87. The van der Waals surface area contributed by atoms with Crippen LogP contribution in [0, 0.1) is 0 Å². The van der Waals surface area contributed by atoms with Crippen LogP contribution in [-0.2, 0) is 0 Å². The van der Waals surface area contributed by atoms with Crippen molar-refractivity contribution in [3.63, 3.8) is 0 Å². The number of benzene rings is 1. The molecule has 0 radical (unpaired) electrons. The van der Waals surface area contributed by atoms with E-state index in [-0.39, 0.29) is 11.9 Å². The average molecular weight is 338 g/mol. The molecule has 132 valence electrons. The zero-order valence-corrected chi connectivity index (χ0v) is 15.0. The van der Waals surface area contributed by atoms with Crippen molar-refractivity contribution in [2.45, 2.75) is 45.6 Å². The van der Waals surface area contributed by atoms with Crippen LogP contribution in [-0.4, -0.2) is 35.0 Å². The van der Waals surface area contributed by atoms with Gasteiger partial charge in [-0.3, -0.25) is 4.79 Å². The Bertz CT molecular complexity index is 707. The van der Waals surface area contributed by atoms with Crippen molar-refractivity contribution < 1.29 is 4.79 Å². The largest absolute Gasteiger partial charge is 0.356 e. The number of hydrogen-bond acceptors (Lipinski definition) is 4. The molecule has 1 amide bonds. The van der Waals surface area contributed by atoms with Crippen LogP contribution < -0.4 is 10.2 Å². The van der Waals surface area contributed by atoms with Crippen LogP contribution in [0.4, 0.5) is 5.82 Å². The molecule has 25 heavy (non-hydrogen) atoms. The van der Waals surface area contributed by atoms with Crippen molar-refractivity contribution in [1.82, 2.24) is 15.3 Å². The molecule has 0 saturated carbocycles. The number of nitrogens with zero attached hydrogens (tertiary/aromatic N) is 3. The Kier molecular flexibility index (Phi) is 5.64. The van der Waals surface area contributed by atoms with Gasteiger partial charge in [0, 0.05) is 30.8 Å². The van der Waals surface area contributed by atoms with E-state index >= 15 is 0 Å². The highest BCUT2D eigenvalue weighted by molar-refractivity contribution is 5.93. The van der Waals surface area contributed by atoms with E-state index in [2.05, 4.69) is 15.2 Å². The van der Waals surface area contributed by atoms with Gasteiger partial charge in [0.25, 0.3) is 5.91 Å². The molecule has 5 nitrogen and oxygen atoms in total. The lowest BCUT2D eigenvalue weighted by Crippen LogP contribution is -2.32. The molecule has 2 heterocycles. The van der Waals surface area contributed by atoms with E-state index < -0.39 is 0 Å². The van der Waals surface area contributed by atoms with E-state index in [0.29, 0.717) is 11.5 Å². The van der Waals surface area contributed by atoms with Crippen LogP contribution in [0.25, 0.3) is 11.4 Å². The SMILES string of the molecule is CC(C)NC(=O)c1cc(N2CCCCCC2)nc(-c2ccccc2)n1. The van der Waals surface area contributed by atoms with Crippen molar-refractivity contribution in [2.75, 3.05) is 18.0 Å². The highest BCUT2D eigenvalue weighted by Gasteiger charge is 2.18. The Morgan fingerprint density at radius 1 is 1.04 bits per heavy atom. The molecular formula is C20H26N4O. The van der Waals surface area contributed by atoms with Crippen molar-refractivity contribution in [2.24, 2.45) is 0 Å². The lowest BCUT2D eigenvalue weighted by Gasteiger charge is -2.22. The van der Waals surface area contributed by atoms with Crippen LogP contribution in [0.2, 0.25) is 0 Å². The molecule has 2 aromatic rings. The third-order valence-corrected chi connectivity index (χ3v) is 4.33. The zero-order chi connectivity index (χ0) is 17.6. The molecule has 5 heteroatoms. The van der Waals surface area contributed by atoms with E-state index in [1.807, 2.05) is 50.2 Å². The van der Waals surface area contributed by atoms with E-state index in [0.717, 1.165) is 37.3 Å². The molecule has 1 aliphatic heterocycles. The van der Waals surface area contributed by atoms with Gasteiger partial charge in [0.05, 0.1) is 0 Å². The summed E-state index contributed by atoms with van der Waals surface area (Å²) < 4.78 is 0. The summed E-state index contributed by atoms with van der Waals surface area (Å²) in [5.74, 6) is 1.31. The number of aromatic nitrogens is 2. The molecule has 1 aliphatic rings. The van der Waals surface area contributed by atoms with Crippen molar-refractivity contribution in [3.8, 4) is 11.4 Å². The highest BCUT2D eigenvalue weighted by atomic mass is 16.1. The van der Waals surface area contributed by atoms with Gasteiger partial charge >= 0.3 is 0 Å². The summed E-state index contributed by atoms with van der Waals surface area (Å²) in [5.41, 5.74) is 1.36. The predicted molar refractivity (Wildman–Crippen MR) is 101 cm³/mol. The normalized spacial score (nSPS) is 15.1. The molecule has 0 aliphatic carbocycles. The predicted octanol–water partition coefficient (Wildman–Crippen LogP) is 3.66. The molecule has 0 unspecified atom stereocenters. The number of rotatable bonds is 4. The Balaban J connectivity index is 1.99. The summed E-state index contributed by atoms with van der Waals surface area (Å²) in [7, 11) is 0. The maximum absolute atomic E-state index is 12.5. The highest BCUT2D eigenvalue weighted by Crippen LogP contribution is 2.22. The molecule has 1 fully saturated rings. The second kappa shape index (κ2) is 8.10. The number of carbonyl (C=O) groups excluding carboxylic acids is 1. The molecule has 1 N–H and O–H groups in total. The Labute approximate surface area is 149 Å². The van der Waals surface area contributed by atoms with Gasteiger partial charge < -0.3 is 10.2 Å². The first-order valence-electron chi connectivity index (χ1n) is 9.14. The smallest absolute Gasteiger partial charge is 0.270 e. The fourth-order valence-corrected chi connectivity index (χ4v) is 3.06. The molecular weight excluding hydrogens is 312 g/mol. The van der Waals surface area contributed by atoms with Crippen LogP contribution >= 0.6 is 0 Å². The van der Waals surface area contributed by atoms with E-state index in [1.54, 1.807) is 0 Å². The summed E-state index contributed by atoms with van der Waals surface area (Å²) in [4.78, 5) is 24.1. The second-order valence-electron chi connectivity index (χ2n) is 6.83.